The third-order valence-corrected chi connectivity index (χ3v) is 2.93. The number of Topliss-reactive ketones (excluding diaryl/α,β-unsaturated/α-hetero) is 1. The van der Waals surface area contributed by atoms with E-state index in [0.717, 1.165) is 5.57 Å². The maximum Gasteiger partial charge on any atom is 0.155 e. The summed E-state index contributed by atoms with van der Waals surface area (Å²) in [5.74, 6) is 0.0685. The highest BCUT2D eigenvalue weighted by atomic mass is 16.6. The van der Waals surface area contributed by atoms with E-state index in [9.17, 15) is 4.79 Å². The number of methoxy groups -OCH3 is 2. The molecular weight excluding hydrogens is 220 g/mol. The lowest BCUT2D eigenvalue weighted by Gasteiger charge is -2.35. The number of rotatable bonds is 5. The Balaban J connectivity index is 2.93. The second-order valence-corrected chi connectivity index (χ2v) is 4.58. The van der Waals surface area contributed by atoms with Crippen LogP contribution in [0.1, 0.15) is 27.2 Å². The monoisotopic (exact) mass is 242 g/mol. The van der Waals surface area contributed by atoms with Crippen molar-refractivity contribution < 1.29 is 19.0 Å². The van der Waals surface area contributed by atoms with E-state index in [1.165, 1.54) is 0 Å². The van der Waals surface area contributed by atoms with Gasteiger partial charge >= 0.3 is 0 Å². The third-order valence-electron chi connectivity index (χ3n) is 2.93. The summed E-state index contributed by atoms with van der Waals surface area (Å²) < 4.78 is 16.6. The van der Waals surface area contributed by atoms with Gasteiger partial charge in [-0.25, -0.2) is 0 Å². The third kappa shape index (κ3) is 3.63. The quantitative estimate of drug-likeness (QED) is 0.736. The number of hydrogen-bond acceptors (Lipinski definition) is 4. The van der Waals surface area contributed by atoms with Gasteiger partial charge in [0.25, 0.3) is 0 Å². The van der Waals surface area contributed by atoms with Crippen molar-refractivity contribution in [2.75, 3.05) is 14.2 Å². The van der Waals surface area contributed by atoms with Gasteiger partial charge in [-0.05, 0) is 32.4 Å². The number of carbonyl (C=O) groups excluding carboxylic acids is 1. The van der Waals surface area contributed by atoms with Crippen LogP contribution in [0.25, 0.3) is 0 Å². The van der Waals surface area contributed by atoms with E-state index < -0.39 is 0 Å². The smallest absolute Gasteiger partial charge is 0.155 e. The van der Waals surface area contributed by atoms with Crippen LogP contribution in [0.4, 0.5) is 0 Å². The lowest BCUT2D eigenvalue weighted by molar-refractivity contribution is -0.125. The normalized spacial score (nSPS) is 29.3. The summed E-state index contributed by atoms with van der Waals surface area (Å²) in [5, 5.41) is 0. The maximum atomic E-state index is 11.5. The van der Waals surface area contributed by atoms with Gasteiger partial charge < -0.3 is 14.2 Å². The van der Waals surface area contributed by atoms with Crippen molar-refractivity contribution >= 4 is 5.78 Å². The highest BCUT2D eigenvalue weighted by molar-refractivity contribution is 5.93. The average Bonchev–Trinajstić information content (AvgIpc) is 2.26. The van der Waals surface area contributed by atoms with Crippen molar-refractivity contribution in [1.82, 2.24) is 0 Å². The van der Waals surface area contributed by atoms with Crippen LogP contribution in [-0.2, 0) is 19.0 Å². The van der Waals surface area contributed by atoms with Gasteiger partial charge in [-0.1, -0.05) is 0 Å². The Labute approximate surface area is 103 Å². The molecular formula is C13H22O4. The summed E-state index contributed by atoms with van der Waals surface area (Å²) in [6.07, 6.45) is 2.02. The van der Waals surface area contributed by atoms with Gasteiger partial charge in [0.2, 0.25) is 0 Å². The molecule has 0 N–H and O–H groups in total. The average molecular weight is 242 g/mol. The van der Waals surface area contributed by atoms with Crippen molar-refractivity contribution in [1.29, 1.82) is 0 Å². The molecule has 0 saturated carbocycles. The molecule has 0 aromatic heterocycles. The standard InChI is InChI=1S/C13H22O4/c1-8(2)17-12-7-10(9(3)14)6-11(15-4)13(12)16-5/h7-8,11-13H,6H2,1-5H3. The summed E-state index contributed by atoms with van der Waals surface area (Å²) in [4.78, 5) is 11.5. The van der Waals surface area contributed by atoms with Crippen molar-refractivity contribution in [3.8, 4) is 0 Å². The van der Waals surface area contributed by atoms with E-state index in [2.05, 4.69) is 0 Å². The minimum atomic E-state index is -0.224. The second kappa shape index (κ2) is 6.28. The Morgan fingerprint density at radius 1 is 1.35 bits per heavy atom. The summed E-state index contributed by atoms with van der Waals surface area (Å²) in [5.41, 5.74) is 0.760. The van der Waals surface area contributed by atoms with Gasteiger partial charge in [-0.2, -0.15) is 0 Å². The highest BCUT2D eigenvalue weighted by Gasteiger charge is 2.35. The first-order valence-corrected chi connectivity index (χ1v) is 5.92. The first-order chi connectivity index (χ1) is 7.99. The van der Waals surface area contributed by atoms with Gasteiger partial charge in [0, 0.05) is 20.6 Å². The fourth-order valence-corrected chi connectivity index (χ4v) is 2.10. The topological polar surface area (TPSA) is 44.8 Å². The van der Waals surface area contributed by atoms with Crippen LogP contribution >= 0.6 is 0 Å². The van der Waals surface area contributed by atoms with Crippen LogP contribution in [0, 0.1) is 0 Å². The predicted octanol–water partition coefficient (Wildman–Crippen LogP) is 1.73. The minimum absolute atomic E-state index is 0.0685. The van der Waals surface area contributed by atoms with Crippen LogP contribution in [0.15, 0.2) is 11.6 Å². The molecule has 98 valence electrons. The van der Waals surface area contributed by atoms with E-state index in [-0.39, 0.29) is 30.2 Å². The summed E-state index contributed by atoms with van der Waals surface area (Å²) in [6.45, 7) is 5.49. The zero-order valence-corrected chi connectivity index (χ0v) is 11.2. The molecule has 0 radical (unpaired) electrons. The Bertz CT molecular complexity index is 296. The maximum absolute atomic E-state index is 11.5. The molecule has 3 unspecified atom stereocenters. The Morgan fingerprint density at radius 3 is 2.41 bits per heavy atom. The molecule has 0 saturated heterocycles. The molecule has 1 aliphatic rings. The zero-order valence-electron chi connectivity index (χ0n) is 11.2. The van der Waals surface area contributed by atoms with E-state index in [1.54, 1.807) is 21.1 Å². The Hall–Kier alpha value is -0.710. The van der Waals surface area contributed by atoms with Crippen molar-refractivity contribution in [3.63, 3.8) is 0 Å². The van der Waals surface area contributed by atoms with Crippen LogP contribution in [-0.4, -0.2) is 44.4 Å². The van der Waals surface area contributed by atoms with E-state index in [4.69, 9.17) is 14.2 Å². The molecule has 1 aliphatic carbocycles. The number of ketones is 1. The Kier molecular flexibility index (Phi) is 5.31. The van der Waals surface area contributed by atoms with Gasteiger partial charge in [0.05, 0.1) is 12.2 Å². The SMILES string of the molecule is COC1CC(C(C)=O)=CC(OC(C)C)C1OC. The Morgan fingerprint density at radius 2 is 2.00 bits per heavy atom. The molecule has 17 heavy (non-hydrogen) atoms. The van der Waals surface area contributed by atoms with Gasteiger partial charge in [-0.3, -0.25) is 4.79 Å². The number of hydrogen-bond donors (Lipinski definition) is 0. The number of ether oxygens (including phenoxy) is 3. The lowest BCUT2D eigenvalue weighted by atomic mass is 9.90. The summed E-state index contributed by atoms with van der Waals surface area (Å²) in [7, 11) is 3.27. The van der Waals surface area contributed by atoms with Crippen LogP contribution < -0.4 is 0 Å². The summed E-state index contributed by atoms with van der Waals surface area (Å²) in [6, 6.07) is 0. The van der Waals surface area contributed by atoms with Crippen LogP contribution in [0.2, 0.25) is 0 Å². The molecule has 0 aliphatic heterocycles. The fourth-order valence-electron chi connectivity index (χ4n) is 2.10. The molecule has 0 spiro atoms. The molecule has 0 heterocycles. The molecule has 1 rings (SSSR count). The van der Waals surface area contributed by atoms with Crippen LogP contribution in [0.3, 0.4) is 0 Å². The zero-order chi connectivity index (χ0) is 13.0. The molecule has 0 bridgehead atoms. The highest BCUT2D eigenvalue weighted by Crippen LogP contribution is 2.26. The van der Waals surface area contributed by atoms with E-state index in [0.29, 0.717) is 6.42 Å². The first-order valence-electron chi connectivity index (χ1n) is 5.92. The minimum Gasteiger partial charge on any atom is -0.378 e. The fraction of sp³-hybridized carbons (Fsp3) is 0.769. The summed E-state index contributed by atoms with van der Waals surface area (Å²) >= 11 is 0. The predicted molar refractivity (Wildman–Crippen MR) is 65.0 cm³/mol. The van der Waals surface area contributed by atoms with Crippen molar-refractivity contribution in [2.45, 2.75) is 51.6 Å². The molecule has 4 nitrogen and oxygen atoms in total. The largest absolute Gasteiger partial charge is 0.378 e. The molecule has 0 fully saturated rings. The van der Waals surface area contributed by atoms with Crippen LogP contribution in [0.5, 0.6) is 0 Å². The molecule has 0 aromatic carbocycles. The molecule has 3 atom stereocenters. The first kappa shape index (κ1) is 14.4. The molecule has 0 aromatic rings. The lowest BCUT2D eigenvalue weighted by Crippen LogP contribution is -2.45. The second-order valence-electron chi connectivity index (χ2n) is 4.58. The van der Waals surface area contributed by atoms with E-state index >= 15 is 0 Å². The van der Waals surface area contributed by atoms with E-state index in [1.807, 2.05) is 19.9 Å². The van der Waals surface area contributed by atoms with Gasteiger partial charge in [-0.15, -0.1) is 0 Å². The van der Waals surface area contributed by atoms with Crippen molar-refractivity contribution in [2.24, 2.45) is 0 Å². The molecule has 0 amide bonds. The van der Waals surface area contributed by atoms with Crippen molar-refractivity contribution in [3.05, 3.63) is 11.6 Å². The number of carbonyl (C=O) groups is 1. The molecule has 4 heteroatoms. The van der Waals surface area contributed by atoms with Gasteiger partial charge in [0.1, 0.15) is 12.2 Å². The van der Waals surface area contributed by atoms with Gasteiger partial charge in [0.15, 0.2) is 5.78 Å².